The molecule has 29 heavy (non-hydrogen) atoms. The van der Waals surface area contributed by atoms with E-state index in [1.807, 2.05) is 24.4 Å². The van der Waals surface area contributed by atoms with Crippen LogP contribution in [0.2, 0.25) is 5.02 Å². The Hall–Kier alpha value is -2.26. The van der Waals surface area contributed by atoms with Gasteiger partial charge >= 0.3 is 0 Å². The topological polar surface area (TPSA) is 40.2 Å². The summed E-state index contributed by atoms with van der Waals surface area (Å²) in [6, 6.07) is 12.2. The van der Waals surface area contributed by atoms with Crippen LogP contribution in [0.15, 0.2) is 65.6 Å². The lowest BCUT2D eigenvalue weighted by Gasteiger charge is -2.57. The van der Waals surface area contributed by atoms with E-state index in [-0.39, 0.29) is 5.54 Å². The summed E-state index contributed by atoms with van der Waals surface area (Å²) in [7, 11) is 0. The lowest BCUT2D eigenvalue weighted by atomic mass is 9.53. The van der Waals surface area contributed by atoms with Crippen molar-refractivity contribution in [1.82, 2.24) is 10.3 Å². The second kappa shape index (κ2) is 6.63. The second-order valence-corrected chi connectivity index (χ2v) is 9.95. The van der Waals surface area contributed by atoms with Gasteiger partial charge in [-0.05, 0) is 92.2 Å². The van der Waals surface area contributed by atoms with E-state index in [0.717, 1.165) is 51.0 Å². The number of rotatable bonds is 4. The number of aromatic amines is 1. The fourth-order valence-electron chi connectivity index (χ4n) is 6.54. The molecular weight excluding hydrogens is 378 g/mol. The summed E-state index contributed by atoms with van der Waals surface area (Å²) in [6.45, 7) is 0. The molecule has 0 saturated heterocycles. The summed E-state index contributed by atoms with van der Waals surface area (Å²) in [5.41, 5.74) is 5.65. The van der Waals surface area contributed by atoms with Crippen LogP contribution in [-0.2, 0) is 0 Å². The minimum atomic E-state index is 0.289. The molecule has 5 aliphatic rings. The molecule has 2 N–H and O–H groups in total. The van der Waals surface area contributed by atoms with Crippen LogP contribution in [-0.4, -0.2) is 16.2 Å². The molecule has 1 aromatic heterocycles. The van der Waals surface area contributed by atoms with Crippen molar-refractivity contribution in [2.24, 2.45) is 22.7 Å². The molecule has 1 aromatic carbocycles. The molecule has 0 spiro atoms. The molecule has 1 aliphatic heterocycles. The summed E-state index contributed by atoms with van der Waals surface area (Å²) in [5.74, 6) is 2.79. The third kappa shape index (κ3) is 3.16. The van der Waals surface area contributed by atoms with Crippen molar-refractivity contribution in [3.8, 4) is 0 Å². The largest absolute Gasteiger partial charge is 0.384 e. The van der Waals surface area contributed by atoms with Gasteiger partial charge in [0.2, 0.25) is 0 Å². The van der Waals surface area contributed by atoms with Gasteiger partial charge in [-0.15, -0.1) is 0 Å². The number of benzene rings is 1. The Morgan fingerprint density at radius 1 is 1.00 bits per heavy atom. The van der Waals surface area contributed by atoms with E-state index in [4.69, 9.17) is 16.6 Å². The highest BCUT2D eigenvalue weighted by Crippen LogP contribution is 2.55. The number of aromatic nitrogens is 1. The van der Waals surface area contributed by atoms with E-state index in [9.17, 15) is 0 Å². The van der Waals surface area contributed by atoms with Crippen molar-refractivity contribution in [1.29, 1.82) is 0 Å². The summed E-state index contributed by atoms with van der Waals surface area (Å²) in [5, 5.41) is 4.66. The smallest absolute Gasteiger partial charge is 0.0879 e. The maximum Gasteiger partial charge on any atom is 0.0879 e. The Balaban J connectivity index is 1.33. The number of hydrogen-bond acceptors (Lipinski definition) is 2. The number of nitrogens with one attached hydrogen (secondary N) is 2. The number of nitrogens with zero attached hydrogens (tertiary/aromatic N) is 1. The second-order valence-electron chi connectivity index (χ2n) is 9.52. The SMILES string of the molecule is Clc1ccc(C2=CC(c3ccc[nH]3)=N/C2=C/NC23CC4CC(CC(C4)C2)C3)cc1. The van der Waals surface area contributed by atoms with Gasteiger partial charge in [-0.2, -0.15) is 0 Å². The van der Waals surface area contributed by atoms with E-state index in [1.165, 1.54) is 38.5 Å². The van der Waals surface area contributed by atoms with Gasteiger partial charge in [0.15, 0.2) is 0 Å². The zero-order chi connectivity index (χ0) is 19.4. The Morgan fingerprint density at radius 3 is 2.31 bits per heavy atom. The first-order valence-corrected chi connectivity index (χ1v) is 11.2. The highest BCUT2D eigenvalue weighted by atomic mass is 35.5. The highest BCUT2D eigenvalue weighted by molar-refractivity contribution is 6.30. The lowest BCUT2D eigenvalue weighted by Crippen LogP contribution is -2.57. The molecule has 4 aliphatic carbocycles. The molecule has 2 heterocycles. The normalized spacial score (nSPS) is 33.8. The Kier molecular flexibility index (Phi) is 4.02. The maximum absolute atomic E-state index is 6.12. The zero-order valence-electron chi connectivity index (χ0n) is 16.5. The zero-order valence-corrected chi connectivity index (χ0v) is 17.3. The average Bonchev–Trinajstić information content (AvgIpc) is 3.36. The number of halogens is 1. The molecule has 4 heteroatoms. The molecule has 4 saturated carbocycles. The van der Waals surface area contributed by atoms with Gasteiger partial charge in [0.05, 0.1) is 17.1 Å². The Labute approximate surface area is 177 Å². The van der Waals surface area contributed by atoms with E-state index >= 15 is 0 Å². The van der Waals surface area contributed by atoms with Gasteiger partial charge in [-0.3, -0.25) is 0 Å². The highest BCUT2D eigenvalue weighted by Gasteiger charge is 2.50. The van der Waals surface area contributed by atoms with Gasteiger partial charge in [0.25, 0.3) is 0 Å². The van der Waals surface area contributed by atoms with Crippen LogP contribution in [0.4, 0.5) is 0 Å². The van der Waals surface area contributed by atoms with Crippen LogP contribution in [0.1, 0.15) is 49.8 Å². The summed E-state index contributed by atoms with van der Waals surface area (Å²) in [6.07, 6.45) is 14.7. The first-order chi connectivity index (χ1) is 14.2. The first-order valence-electron chi connectivity index (χ1n) is 10.8. The van der Waals surface area contributed by atoms with Gasteiger partial charge in [0, 0.05) is 28.5 Å². The fourth-order valence-corrected chi connectivity index (χ4v) is 6.67. The van der Waals surface area contributed by atoms with Gasteiger partial charge in [0.1, 0.15) is 0 Å². The van der Waals surface area contributed by atoms with Crippen LogP contribution in [0.25, 0.3) is 5.57 Å². The molecular formula is C25H26ClN3. The monoisotopic (exact) mass is 403 g/mol. The van der Waals surface area contributed by atoms with Crippen molar-refractivity contribution >= 4 is 22.9 Å². The average molecular weight is 404 g/mol. The van der Waals surface area contributed by atoms with E-state index in [2.05, 4.69) is 40.8 Å². The van der Waals surface area contributed by atoms with Crippen LogP contribution in [0.3, 0.4) is 0 Å². The van der Waals surface area contributed by atoms with Gasteiger partial charge in [-0.25, -0.2) is 4.99 Å². The van der Waals surface area contributed by atoms with Crippen LogP contribution in [0.5, 0.6) is 0 Å². The molecule has 148 valence electrons. The van der Waals surface area contributed by atoms with Crippen molar-refractivity contribution < 1.29 is 0 Å². The number of aliphatic imine (C=N–C) groups is 1. The molecule has 4 fully saturated rings. The predicted molar refractivity (Wildman–Crippen MR) is 119 cm³/mol. The minimum Gasteiger partial charge on any atom is -0.384 e. The number of hydrogen-bond donors (Lipinski definition) is 2. The maximum atomic E-state index is 6.12. The third-order valence-electron chi connectivity index (χ3n) is 7.38. The number of H-pyrrole nitrogens is 1. The molecule has 0 radical (unpaired) electrons. The molecule has 0 unspecified atom stereocenters. The van der Waals surface area contributed by atoms with Crippen molar-refractivity contribution in [2.75, 3.05) is 0 Å². The fraction of sp³-hybridized carbons (Fsp3) is 0.400. The molecule has 7 rings (SSSR count). The molecule has 3 nitrogen and oxygen atoms in total. The van der Waals surface area contributed by atoms with Crippen molar-refractivity contribution in [3.05, 3.63) is 76.8 Å². The lowest BCUT2D eigenvalue weighted by molar-refractivity contribution is -0.0130. The quantitative estimate of drug-likeness (QED) is 0.650. The minimum absolute atomic E-state index is 0.289. The summed E-state index contributed by atoms with van der Waals surface area (Å²) >= 11 is 6.12. The van der Waals surface area contributed by atoms with E-state index in [1.54, 1.807) is 0 Å². The molecule has 0 atom stereocenters. The number of allylic oxidation sites excluding steroid dienone is 2. The van der Waals surface area contributed by atoms with E-state index < -0.39 is 0 Å². The molecule has 2 aromatic rings. The van der Waals surface area contributed by atoms with Crippen LogP contribution >= 0.6 is 11.6 Å². The summed E-state index contributed by atoms with van der Waals surface area (Å²) < 4.78 is 0. The standard InChI is InChI=1S/C25H26ClN3/c26-20-5-3-19(4-6-20)21-11-23(22-2-1-7-27-22)29-24(21)15-28-25-12-16-8-17(13-25)10-18(9-16)14-25/h1-7,11,15-18,27-28H,8-10,12-14H2/b24-15+. The summed E-state index contributed by atoms with van der Waals surface area (Å²) in [4.78, 5) is 8.27. The van der Waals surface area contributed by atoms with Crippen molar-refractivity contribution in [2.45, 2.75) is 44.1 Å². The Morgan fingerprint density at radius 2 is 1.69 bits per heavy atom. The molecule has 0 amide bonds. The van der Waals surface area contributed by atoms with Gasteiger partial charge in [-0.1, -0.05) is 23.7 Å². The van der Waals surface area contributed by atoms with Gasteiger partial charge < -0.3 is 10.3 Å². The predicted octanol–water partition coefficient (Wildman–Crippen LogP) is 5.95. The van der Waals surface area contributed by atoms with Crippen LogP contribution in [0, 0.1) is 17.8 Å². The first kappa shape index (κ1) is 17.6. The van der Waals surface area contributed by atoms with Crippen molar-refractivity contribution in [3.63, 3.8) is 0 Å². The van der Waals surface area contributed by atoms with Crippen LogP contribution < -0.4 is 5.32 Å². The third-order valence-corrected chi connectivity index (χ3v) is 7.63. The Bertz CT molecular complexity index is 976. The molecule has 4 bridgehead atoms. The van der Waals surface area contributed by atoms with E-state index in [0.29, 0.717) is 0 Å².